The SMILES string of the molecule is COc1ccc(/C(C)=N\NC(=S)SCN2C(=O)[C@@H]3CC[C@](C)(C2=O)C3(C)C)cc1. The molecular weight excluding hydrogens is 406 g/mol. The lowest BCUT2D eigenvalue weighted by Gasteiger charge is -2.47. The van der Waals surface area contributed by atoms with E-state index in [9.17, 15) is 9.59 Å². The summed E-state index contributed by atoms with van der Waals surface area (Å²) in [5, 5.41) is 4.31. The predicted molar refractivity (Wildman–Crippen MR) is 120 cm³/mol. The monoisotopic (exact) mass is 433 g/mol. The molecule has 2 atom stereocenters. The number of nitrogens with zero attached hydrogens (tertiary/aromatic N) is 2. The van der Waals surface area contributed by atoms with Gasteiger partial charge < -0.3 is 4.74 Å². The fraction of sp³-hybridized carbons (Fsp3) is 0.524. The molecular formula is C21H27N3O3S2. The zero-order valence-corrected chi connectivity index (χ0v) is 19.1. The molecule has 2 fully saturated rings. The Morgan fingerprint density at radius 3 is 2.59 bits per heavy atom. The molecule has 29 heavy (non-hydrogen) atoms. The lowest BCUT2D eigenvalue weighted by atomic mass is 9.62. The van der Waals surface area contributed by atoms with Crippen molar-refractivity contribution in [1.29, 1.82) is 0 Å². The first kappa shape index (κ1) is 21.8. The van der Waals surface area contributed by atoms with Crippen LogP contribution in [0.15, 0.2) is 29.4 Å². The van der Waals surface area contributed by atoms with Crippen molar-refractivity contribution in [3.63, 3.8) is 0 Å². The van der Waals surface area contributed by atoms with Gasteiger partial charge in [-0.1, -0.05) is 44.8 Å². The minimum absolute atomic E-state index is 0.0804. The highest BCUT2D eigenvalue weighted by Crippen LogP contribution is 2.60. The van der Waals surface area contributed by atoms with E-state index >= 15 is 0 Å². The van der Waals surface area contributed by atoms with Gasteiger partial charge in [0.15, 0.2) is 4.32 Å². The Morgan fingerprint density at radius 1 is 1.31 bits per heavy atom. The van der Waals surface area contributed by atoms with Crippen LogP contribution in [0.3, 0.4) is 0 Å². The molecule has 156 valence electrons. The number of hydrazone groups is 1. The Bertz CT molecular complexity index is 866. The van der Waals surface area contributed by atoms with Crippen molar-refractivity contribution in [3.05, 3.63) is 29.8 Å². The van der Waals surface area contributed by atoms with E-state index < -0.39 is 5.41 Å². The molecule has 1 aromatic rings. The molecule has 1 saturated heterocycles. The molecule has 2 amide bonds. The first-order valence-electron chi connectivity index (χ1n) is 9.59. The van der Waals surface area contributed by atoms with Gasteiger partial charge >= 0.3 is 0 Å². The highest BCUT2D eigenvalue weighted by atomic mass is 32.2. The first-order chi connectivity index (χ1) is 13.6. The van der Waals surface area contributed by atoms with Crippen molar-refractivity contribution < 1.29 is 14.3 Å². The summed E-state index contributed by atoms with van der Waals surface area (Å²) in [6.07, 6.45) is 1.52. The molecule has 1 heterocycles. The molecule has 3 rings (SSSR count). The van der Waals surface area contributed by atoms with Crippen LogP contribution >= 0.6 is 24.0 Å². The molecule has 6 nitrogen and oxygen atoms in total. The molecule has 0 spiro atoms. The number of nitrogens with one attached hydrogen (secondary N) is 1. The van der Waals surface area contributed by atoms with Crippen LogP contribution in [0.2, 0.25) is 0 Å². The van der Waals surface area contributed by atoms with Crippen LogP contribution in [0.5, 0.6) is 5.75 Å². The number of amides is 2. The number of ether oxygens (including phenoxy) is 1. The second kappa shape index (κ2) is 8.07. The van der Waals surface area contributed by atoms with Crippen LogP contribution in [-0.4, -0.2) is 39.7 Å². The summed E-state index contributed by atoms with van der Waals surface area (Å²) in [5.74, 6) is 0.714. The Labute approximate surface area is 181 Å². The minimum atomic E-state index is -0.496. The van der Waals surface area contributed by atoms with Crippen LogP contribution in [0.4, 0.5) is 0 Å². The average Bonchev–Trinajstić information content (AvgIpc) is 2.89. The van der Waals surface area contributed by atoms with E-state index in [1.807, 2.05) is 52.0 Å². The van der Waals surface area contributed by atoms with Gasteiger partial charge in [-0.3, -0.25) is 19.9 Å². The molecule has 0 unspecified atom stereocenters. The first-order valence-corrected chi connectivity index (χ1v) is 11.0. The van der Waals surface area contributed by atoms with Crippen LogP contribution < -0.4 is 10.2 Å². The van der Waals surface area contributed by atoms with Gasteiger partial charge in [0.1, 0.15) is 5.75 Å². The van der Waals surface area contributed by atoms with Crippen molar-refractivity contribution in [2.24, 2.45) is 21.8 Å². The van der Waals surface area contributed by atoms with E-state index in [0.717, 1.165) is 29.9 Å². The number of piperidine rings is 1. The van der Waals surface area contributed by atoms with Gasteiger partial charge in [0, 0.05) is 5.92 Å². The number of methoxy groups -OCH3 is 1. The smallest absolute Gasteiger partial charge is 0.236 e. The molecule has 1 saturated carbocycles. The third-order valence-corrected chi connectivity index (χ3v) is 7.84. The van der Waals surface area contributed by atoms with Crippen LogP contribution in [0.1, 0.15) is 46.1 Å². The highest BCUT2D eigenvalue weighted by Gasteiger charge is 2.64. The van der Waals surface area contributed by atoms with Crippen LogP contribution in [0.25, 0.3) is 0 Å². The van der Waals surface area contributed by atoms with Gasteiger partial charge in [0.05, 0.1) is 24.1 Å². The number of rotatable bonds is 5. The zero-order valence-electron chi connectivity index (χ0n) is 17.4. The van der Waals surface area contributed by atoms with Gasteiger partial charge in [-0.15, -0.1) is 0 Å². The van der Waals surface area contributed by atoms with Gasteiger partial charge in [-0.2, -0.15) is 5.10 Å². The number of carbonyl (C=O) groups is 2. The van der Waals surface area contributed by atoms with Crippen molar-refractivity contribution in [2.75, 3.05) is 13.0 Å². The topological polar surface area (TPSA) is 71.0 Å². The summed E-state index contributed by atoms with van der Waals surface area (Å²) in [6, 6.07) is 7.56. The number of likely N-dealkylation sites (tertiary alicyclic amines) is 1. The fourth-order valence-electron chi connectivity index (χ4n) is 4.21. The molecule has 8 heteroatoms. The summed E-state index contributed by atoms with van der Waals surface area (Å²) in [7, 11) is 1.62. The maximum absolute atomic E-state index is 13.0. The second-order valence-corrected chi connectivity index (χ2v) is 9.94. The number of benzene rings is 1. The summed E-state index contributed by atoms with van der Waals surface area (Å²) in [5.41, 5.74) is 3.76. The number of hydrogen-bond donors (Lipinski definition) is 1. The van der Waals surface area contributed by atoms with E-state index in [1.54, 1.807) is 7.11 Å². The lowest BCUT2D eigenvalue weighted by Crippen LogP contribution is -2.58. The Hall–Kier alpha value is -1.93. The third-order valence-electron chi connectivity index (χ3n) is 6.66. The van der Waals surface area contributed by atoms with Crippen LogP contribution in [-0.2, 0) is 9.59 Å². The van der Waals surface area contributed by atoms with Crippen molar-refractivity contribution in [2.45, 2.75) is 40.5 Å². The summed E-state index contributed by atoms with van der Waals surface area (Å²) >= 11 is 6.57. The van der Waals surface area contributed by atoms with E-state index in [2.05, 4.69) is 10.5 Å². The molecule has 0 aromatic heterocycles. The summed E-state index contributed by atoms with van der Waals surface area (Å²) in [4.78, 5) is 27.3. The van der Waals surface area contributed by atoms with Gasteiger partial charge in [-0.25, -0.2) is 0 Å². The quantitative estimate of drug-likeness (QED) is 0.330. The number of hydrogen-bond acceptors (Lipinski definition) is 6. The molecule has 1 N–H and O–H groups in total. The van der Waals surface area contributed by atoms with Gasteiger partial charge in [0.25, 0.3) is 0 Å². The number of fused-ring (bicyclic) bond motifs is 2. The van der Waals surface area contributed by atoms with Gasteiger partial charge in [0.2, 0.25) is 11.8 Å². The van der Waals surface area contributed by atoms with E-state index in [1.165, 1.54) is 16.7 Å². The third kappa shape index (κ3) is 3.80. The van der Waals surface area contributed by atoms with Crippen molar-refractivity contribution in [1.82, 2.24) is 10.3 Å². The normalized spacial score (nSPS) is 25.9. The molecule has 0 radical (unpaired) electrons. The molecule has 1 aromatic carbocycles. The maximum Gasteiger partial charge on any atom is 0.236 e. The largest absolute Gasteiger partial charge is 0.497 e. The second-order valence-electron chi connectivity index (χ2n) is 8.31. The highest BCUT2D eigenvalue weighted by molar-refractivity contribution is 8.22. The number of thioether (sulfide) groups is 1. The van der Waals surface area contributed by atoms with Crippen LogP contribution in [0, 0.1) is 16.7 Å². The maximum atomic E-state index is 13.0. The zero-order chi connectivity index (χ0) is 21.4. The lowest BCUT2D eigenvalue weighted by molar-refractivity contribution is -0.166. The number of thiocarbonyl (C=S) groups is 1. The van der Waals surface area contributed by atoms with Crippen molar-refractivity contribution >= 4 is 45.8 Å². The fourth-order valence-corrected chi connectivity index (χ4v) is 5.01. The number of carbonyl (C=O) groups excluding carboxylic acids is 2. The molecule has 2 aliphatic rings. The molecule has 2 bridgehead atoms. The number of imide groups is 1. The Balaban J connectivity index is 1.59. The average molecular weight is 434 g/mol. The van der Waals surface area contributed by atoms with E-state index in [0.29, 0.717) is 4.32 Å². The summed E-state index contributed by atoms with van der Waals surface area (Å²) < 4.78 is 5.57. The predicted octanol–water partition coefficient (Wildman–Crippen LogP) is 3.80. The summed E-state index contributed by atoms with van der Waals surface area (Å²) in [6.45, 7) is 7.93. The van der Waals surface area contributed by atoms with E-state index in [4.69, 9.17) is 17.0 Å². The molecule has 1 aliphatic heterocycles. The minimum Gasteiger partial charge on any atom is -0.497 e. The molecule has 1 aliphatic carbocycles. The Kier molecular flexibility index (Phi) is 6.06. The Morgan fingerprint density at radius 2 is 1.97 bits per heavy atom. The van der Waals surface area contributed by atoms with E-state index in [-0.39, 0.29) is 29.0 Å². The van der Waals surface area contributed by atoms with Crippen molar-refractivity contribution in [3.8, 4) is 5.75 Å². The van der Waals surface area contributed by atoms with Gasteiger partial charge in [-0.05, 0) is 55.0 Å². The standard InChI is InChI=1S/C21H27N3O3S2/c1-13(14-6-8-15(27-5)9-7-14)22-23-19(28)29-12-24-17(25)16-10-11-21(4,18(24)26)20(16,2)3/h6-9,16H,10-12H2,1-5H3,(H,23,28)/b22-13-/t16-,21+/m0/s1.